The van der Waals surface area contributed by atoms with Crippen molar-refractivity contribution < 1.29 is 23.8 Å². The standard InChI is InChI=1S/C20H23FN4O6/c1-12(31-25(28)29)30-20(27)15-11-24(13-3-4-13)17-10-18(16(21)9-14(17)19(15)26)23-7-5-22(2)6-8-23/h9-13H,3-8H2,1-2H3. The Balaban J connectivity index is 1.75. The molecular weight excluding hydrogens is 411 g/mol. The molecule has 1 atom stereocenters. The van der Waals surface area contributed by atoms with Crippen LogP contribution in [0.15, 0.2) is 23.1 Å². The van der Waals surface area contributed by atoms with E-state index in [1.165, 1.54) is 13.1 Å². The lowest BCUT2D eigenvalue weighted by atomic mass is 10.1. The number of pyridine rings is 1. The van der Waals surface area contributed by atoms with Crippen LogP contribution in [-0.4, -0.2) is 60.0 Å². The van der Waals surface area contributed by atoms with Gasteiger partial charge in [0.25, 0.3) is 5.09 Å². The van der Waals surface area contributed by atoms with E-state index in [-0.39, 0.29) is 17.0 Å². The maximum Gasteiger partial charge on any atom is 0.345 e. The molecule has 1 aliphatic heterocycles. The van der Waals surface area contributed by atoms with Gasteiger partial charge in [0.2, 0.25) is 11.7 Å². The van der Waals surface area contributed by atoms with Gasteiger partial charge in [0, 0.05) is 43.8 Å². The van der Waals surface area contributed by atoms with Crippen molar-refractivity contribution in [2.75, 3.05) is 38.1 Å². The molecule has 0 N–H and O–H groups in total. The normalized spacial score (nSPS) is 18.1. The Labute approximate surface area is 176 Å². The van der Waals surface area contributed by atoms with Crippen LogP contribution in [0.4, 0.5) is 10.1 Å². The van der Waals surface area contributed by atoms with E-state index in [1.54, 1.807) is 10.6 Å². The first-order valence-corrected chi connectivity index (χ1v) is 10.1. The fourth-order valence-corrected chi connectivity index (χ4v) is 3.81. The van der Waals surface area contributed by atoms with Crippen LogP contribution in [0.25, 0.3) is 10.9 Å². The fraction of sp³-hybridized carbons (Fsp3) is 0.500. The van der Waals surface area contributed by atoms with Crippen LogP contribution in [0.3, 0.4) is 0 Å². The molecule has 1 unspecified atom stereocenters. The number of rotatable bonds is 6. The summed E-state index contributed by atoms with van der Waals surface area (Å²) in [5.41, 5.74) is -0.0225. The van der Waals surface area contributed by atoms with E-state index >= 15 is 4.39 Å². The number of benzene rings is 1. The molecule has 2 heterocycles. The zero-order valence-corrected chi connectivity index (χ0v) is 17.2. The Bertz CT molecular complexity index is 1090. The summed E-state index contributed by atoms with van der Waals surface area (Å²) in [6.45, 7) is 4.13. The Morgan fingerprint density at radius 1 is 1.26 bits per heavy atom. The van der Waals surface area contributed by atoms with Crippen molar-refractivity contribution >= 4 is 22.6 Å². The fourth-order valence-electron chi connectivity index (χ4n) is 3.81. The molecule has 0 bridgehead atoms. The van der Waals surface area contributed by atoms with E-state index in [4.69, 9.17) is 4.74 Å². The Hall–Kier alpha value is -3.21. The smallest absolute Gasteiger partial charge is 0.345 e. The summed E-state index contributed by atoms with van der Waals surface area (Å²) >= 11 is 0. The van der Waals surface area contributed by atoms with Crippen LogP contribution in [0.2, 0.25) is 0 Å². The van der Waals surface area contributed by atoms with Gasteiger partial charge >= 0.3 is 5.97 Å². The highest BCUT2D eigenvalue weighted by Crippen LogP contribution is 2.38. The lowest BCUT2D eigenvalue weighted by Gasteiger charge is -2.34. The van der Waals surface area contributed by atoms with E-state index in [2.05, 4.69) is 9.74 Å². The van der Waals surface area contributed by atoms with E-state index in [1.807, 2.05) is 11.9 Å². The molecule has 1 saturated carbocycles. The second kappa shape index (κ2) is 8.14. The molecule has 1 aromatic heterocycles. The molecule has 1 aliphatic carbocycles. The Morgan fingerprint density at radius 3 is 2.55 bits per heavy atom. The van der Waals surface area contributed by atoms with Crippen LogP contribution in [0.5, 0.6) is 0 Å². The van der Waals surface area contributed by atoms with Gasteiger partial charge < -0.3 is 19.1 Å². The van der Waals surface area contributed by atoms with E-state index in [0.717, 1.165) is 32.0 Å². The quantitative estimate of drug-likeness (QED) is 0.294. The van der Waals surface area contributed by atoms with Crippen LogP contribution in [-0.2, 0) is 9.57 Å². The monoisotopic (exact) mass is 434 g/mol. The summed E-state index contributed by atoms with van der Waals surface area (Å²) in [5.74, 6) is -1.59. The van der Waals surface area contributed by atoms with Crippen LogP contribution < -0.4 is 10.3 Å². The van der Waals surface area contributed by atoms with Crippen molar-refractivity contribution in [3.05, 3.63) is 50.0 Å². The van der Waals surface area contributed by atoms with Crippen molar-refractivity contribution in [3.8, 4) is 0 Å². The first kappa shape index (κ1) is 21.0. The number of carbonyl (C=O) groups is 1. The number of anilines is 1. The maximum atomic E-state index is 15.0. The number of esters is 1. The minimum absolute atomic E-state index is 0.0691. The molecule has 2 fully saturated rings. The van der Waals surface area contributed by atoms with Gasteiger partial charge in [-0.1, -0.05) is 0 Å². The molecule has 0 spiro atoms. The van der Waals surface area contributed by atoms with Crippen molar-refractivity contribution in [1.29, 1.82) is 0 Å². The molecular formula is C20H23FN4O6. The molecule has 0 radical (unpaired) electrons. The summed E-state index contributed by atoms with van der Waals surface area (Å²) < 4.78 is 21.7. The Kier molecular flexibility index (Phi) is 5.52. The van der Waals surface area contributed by atoms with Gasteiger partial charge in [-0.2, -0.15) is 0 Å². The summed E-state index contributed by atoms with van der Waals surface area (Å²) in [6.07, 6.45) is 1.65. The molecule has 10 nitrogen and oxygen atoms in total. The van der Waals surface area contributed by atoms with Gasteiger partial charge in [-0.25, -0.2) is 9.18 Å². The number of aromatic nitrogens is 1. The van der Waals surface area contributed by atoms with Gasteiger partial charge in [0.05, 0.1) is 11.2 Å². The Morgan fingerprint density at radius 2 is 1.94 bits per heavy atom. The highest BCUT2D eigenvalue weighted by atomic mass is 19.1. The van der Waals surface area contributed by atoms with E-state index < -0.39 is 28.6 Å². The summed E-state index contributed by atoms with van der Waals surface area (Å²) in [5, 5.41) is 9.40. The number of hydrogen-bond acceptors (Lipinski definition) is 8. The number of likely N-dealkylation sites (N-methyl/N-ethyl adjacent to an activating group) is 1. The summed E-state index contributed by atoms with van der Waals surface area (Å²) in [6, 6.07) is 2.93. The third-order valence-corrected chi connectivity index (χ3v) is 5.61. The number of carbonyl (C=O) groups excluding carboxylic acids is 1. The molecule has 1 aromatic carbocycles. The van der Waals surface area contributed by atoms with Crippen molar-refractivity contribution in [2.45, 2.75) is 32.1 Å². The number of hydrogen-bond donors (Lipinski definition) is 0. The number of nitrogens with zero attached hydrogens (tertiary/aromatic N) is 4. The number of ether oxygens (including phenoxy) is 1. The molecule has 0 amide bonds. The number of halogens is 1. The zero-order valence-electron chi connectivity index (χ0n) is 17.2. The number of fused-ring (bicyclic) bond motifs is 1. The SMILES string of the molecule is CC(OC(=O)c1cn(C2CC2)c2cc(N3CCN(C)CC3)c(F)cc2c1=O)O[N+](=O)[O-]. The summed E-state index contributed by atoms with van der Waals surface area (Å²) in [4.78, 5) is 44.2. The van der Waals surface area contributed by atoms with E-state index in [0.29, 0.717) is 24.3 Å². The first-order valence-electron chi connectivity index (χ1n) is 10.1. The molecule has 2 aromatic rings. The zero-order chi connectivity index (χ0) is 22.3. The topological polar surface area (TPSA) is 107 Å². The minimum Gasteiger partial charge on any atom is -0.432 e. The lowest BCUT2D eigenvalue weighted by Crippen LogP contribution is -2.44. The van der Waals surface area contributed by atoms with Crippen LogP contribution in [0, 0.1) is 15.9 Å². The third-order valence-electron chi connectivity index (χ3n) is 5.61. The average Bonchev–Trinajstić information content (AvgIpc) is 3.53. The minimum atomic E-state index is -1.48. The first-order chi connectivity index (χ1) is 14.7. The van der Waals surface area contributed by atoms with Crippen molar-refractivity contribution in [1.82, 2.24) is 9.47 Å². The second-order valence-electron chi connectivity index (χ2n) is 7.92. The van der Waals surface area contributed by atoms with Gasteiger partial charge in [-0.3, -0.25) is 9.63 Å². The maximum absolute atomic E-state index is 15.0. The third kappa shape index (κ3) is 4.31. The molecule has 2 aliphatic rings. The van der Waals surface area contributed by atoms with Crippen LogP contribution >= 0.6 is 0 Å². The summed E-state index contributed by atoms with van der Waals surface area (Å²) in [7, 11) is 2.01. The van der Waals surface area contributed by atoms with Gasteiger partial charge in [-0.05, 0) is 38.9 Å². The molecule has 1 saturated heterocycles. The molecule has 4 rings (SSSR count). The predicted molar refractivity (Wildman–Crippen MR) is 109 cm³/mol. The van der Waals surface area contributed by atoms with E-state index in [9.17, 15) is 19.7 Å². The van der Waals surface area contributed by atoms with Crippen LogP contribution in [0.1, 0.15) is 36.2 Å². The van der Waals surface area contributed by atoms with Gasteiger partial charge in [-0.15, -0.1) is 10.1 Å². The highest BCUT2D eigenvalue weighted by Gasteiger charge is 2.29. The molecule has 11 heteroatoms. The molecule has 31 heavy (non-hydrogen) atoms. The largest absolute Gasteiger partial charge is 0.432 e. The lowest BCUT2D eigenvalue weighted by molar-refractivity contribution is -0.777. The van der Waals surface area contributed by atoms with Crippen molar-refractivity contribution in [3.63, 3.8) is 0 Å². The second-order valence-corrected chi connectivity index (χ2v) is 7.92. The van der Waals surface area contributed by atoms with Crippen molar-refractivity contribution in [2.24, 2.45) is 0 Å². The molecule has 166 valence electrons. The highest BCUT2D eigenvalue weighted by molar-refractivity contribution is 5.94. The van der Waals surface area contributed by atoms with Gasteiger partial charge in [0.1, 0.15) is 11.4 Å². The van der Waals surface area contributed by atoms with Gasteiger partial charge in [0.15, 0.2) is 0 Å². The predicted octanol–water partition coefficient (Wildman–Crippen LogP) is 1.94. The number of piperazine rings is 1. The average molecular weight is 434 g/mol.